The number of carbonyl (C=O) groups is 1. The van der Waals surface area contributed by atoms with Gasteiger partial charge >= 0.3 is 64.3 Å². The number of carbonyl (C=O) groups excluding carboxylic acids is 1. The quantitative estimate of drug-likeness (QED) is 0.395. The molecule has 3 nitrogen and oxygen atoms in total. The average molecular weight is 271 g/mol. The summed E-state index contributed by atoms with van der Waals surface area (Å²) in [4.78, 5) is 10.9. The van der Waals surface area contributed by atoms with Crippen LogP contribution in [0.3, 0.4) is 0 Å². The first kappa shape index (κ1) is 17.0. The largest absolute Gasteiger partial charge is 1.00 e. The molecule has 8 heteroatoms. The van der Waals surface area contributed by atoms with Gasteiger partial charge in [-0.25, -0.2) is 0 Å². The molecule has 0 atom stereocenters. The zero-order valence-electron chi connectivity index (χ0n) is 9.54. The third-order valence-corrected chi connectivity index (χ3v) is 1.99. The molecule has 1 aromatic carbocycles. The molecule has 1 rings (SSSR count). The zero-order chi connectivity index (χ0) is 12.3. The van der Waals surface area contributed by atoms with Crippen LogP contribution in [0.5, 0.6) is 0 Å². The third-order valence-electron chi connectivity index (χ3n) is 1.99. The first-order chi connectivity index (χ1) is 7.32. The van der Waals surface area contributed by atoms with Crippen molar-refractivity contribution in [3.63, 3.8) is 0 Å². The zero-order valence-corrected chi connectivity index (χ0v) is 12.7. The van der Waals surface area contributed by atoms with Gasteiger partial charge in [0.15, 0.2) is 0 Å². The molecule has 0 saturated carbocycles. The maximum absolute atomic E-state index is 12.5. The average Bonchev–Trinajstić information content (AvgIpc) is 2.15. The fourth-order valence-electron chi connectivity index (χ4n) is 1.28. The Balaban J connectivity index is 0.00000256. The number of ether oxygens (including phenoxy) is 1. The van der Waals surface area contributed by atoms with Crippen LogP contribution in [0.2, 0.25) is 0 Å². The number of halogens is 3. The van der Waals surface area contributed by atoms with Crippen molar-refractivity contribution >= 4 is 24.1 Å². The Kier molecular flexibility index (Phi) is 6.78. The second-order valence-corrected chi connectivity index (χ2v) is 3.34. The van der Waals surface area contributed by atoms with E-state index < -0.39 is 18.4 Å². The Hall–Kier alpha value is -0.0187. The molecule has 0 heterocycles. The summed E-state index contributed by atoms with van der Waals surface area (Å²) in [6, 6.07) is 3.08. The van der Waals surface area contributed by atoms with Gasteiger partial charge in [0, 0.05) is 5.69 Å². The normalized spacial score (nSPS) is 10.6. The van der Waals surface area contributed by atoms with E-state index in [1.807, 2.05) is 0 Å². The van der Waals surface area contributed by atoms with Gasteiger partial charge in [0.05, 0.1) is 13.5 Å². The molecule has 0 bridgehead atoms. The van der Waals surface area contributed by atoms with Crippen LogP contribution in [0, 0.1) is 0 Å². The van der Waals surface area contributed by atoms with Crippen LogP contribution in [-0.2, 0) is 16.0 Å². The third kappa shape index (κ3) is 5.43. The van der Waals surface area contributed by atoms with Gasteiger partial charge in [0.2, 0.25) is 0 Å². The number of benzene rings is 1. The van der Waals surface area contributed by atoms with E-state index in [9.17, 15) is 17.7 Å². The Bertz CT molecular complexity index is 412. The molecule has 2 N–H and O–H groups in total. The summed E-state index contributed by atoms with van der Waals surface area (Å²) in [6.45, 7) is -5.11. The number of methoxy groups -OCH3 is 1. The van der Waals surface area contributed by atoms with Crippen molar-refractivity contribution < 1.29 is 73.9 Å². The number of nitrogens with two attached hydrogens (primary N) is 1. The Morgan fingerprint density at radius 2 is 1.94 bits per heavy atom. The van der Waals surface area contributed by atoms with Crippen LogP contribution in [0.25, 0.3) is 0 Å². The smallest absolute Gasteiger partial charge is 0.469 e. The Morgan fingerprint density at radius 3 is 2.41 bits per heavy atom. The van der Waals surface area contributed by atoms with Crippen LogP contribution < -0.4 is 62.6 Å². The van der Waals surface area contributed by atoms with E-state index in [0.29, 0.717) is 0 Å². The molecule has 0 aliphatic heterocycles. The van der Waals surface area contributed by atoms with E-state index in [4.69, 9.17) is 5.73 Å². The van der Waals surface area contributed by atoms with Gasteiger partial charge in [-0.2, -0.15) is 0 Å². The van der Waals surface area contributed by atoms with Gasteiger partial charge in [0.25, 0.3) is 0 Å². The molecule has 0 radical (unpaired) electrons. The summed E-state index contributed by atoms with van der Waals surface area (Å²) in [5.41, 5.74) is 4.70. The second-order valence-electron chi connectivity index (χ2n) is 3.34. The summed E-state index contributed by atoms with van der Waals surface area (Å²) >= 11 is 0. The standard InChI is InChI=1S/C9H10BF3NO2.K/c1-16-9(15)4-6-2-7(10(11,12)13)5-8(14)3-6;/h2-3,5H,4,14H2,1H3;/q-1;+1. The van der Waals surface area contributed by atoms with Gasteiger partial charge in [-0.1, -0.05) is 12.1 Å². The van der Waals surface area contributed by atoms with E-state index >= 15 is 0 Å². The molecule has 0 aliphatic rings. The van der Waals surface area contributed by atoms with Gasteiger partial charge in [0.1, 0.15) is 0 Å². The van der Waals surface area contributed by atoms with Crippen molar-refractivity contribution in [2.45, 2.75) is 6.42 Å². The number of hydrogen-bond acceptors (Lipinski definition) is 3. The maximum atomic E-state index is 12.5. The number of anilines is 1. The molecule has 0 spiro atoms. The van der Waals surface area contributed by atoms with E-state index in [2.05, 4.69) is 4.74 Å². The predicted molar refractivity (Wildman–Crippen MR) is 55.3 cm³/mol. The number of hydrogen-bond donors (Lipinski definition) is 1. The van der Waals surface area contributed by atoms with E-state index in [0.717, 1.165) is 12.1 Å². The summed E-state index contributed by atoms with van der Waals surface area (Å²) in [5.74, 6) is -0.605. The minimum atomic E-state index is -5.11. The van der Waals surface area contributed by atoms with Gasteiger partial charge in [-0.05, 0) is 11.6 Å². The summed E-state index contributed by atoms with van der Waals surface area (Å²) in [7, 11) is 1.17. The molecule has 88 valence electrons. The van der Waals surface area contributed by atoms with E-state index in [-0.39, 0.29) is 69.1 Å². The van der Waals surface area contributed by atoms with Crippen molar-refractivity contribution in [3.8, 4) is 0 Å². The summed E-state index contributed by atoms with van der Waals surface area (Å²) < 4.78 is 41.7. The maximum Gasteiger partial charge on any atom is 1.00 e. The Labute approximate surface area is 139 Å². The van der Waals surface area contributed by atoms with Crippen molar-refractivity contribution in [2.75, 3.05) is 12.8 Å². The molecule has 17 heavy (non-hydrogen) atoms. The molecule has 0 saturated heterocycles. The topological polar surface area (TPSA) is 52.3 Å². The second kappa shape index (κ2) is 6.79. The molecule has 0 amide bonds. The van der Waals surface area contributed by atoms with Crippen LogP contribution in [0.1, 0.15) is 5.56 Å². The fraction of sp³-hybridized carbons (Fsp3) is 0.222. The van der Waals surface area contributed by atoms with Crippen molar-refractivity contribution in [2.24, 2.45) is 0 Å². The molecule has 1 aromatic rings. The number of rotatable bonds is 3. The molecule has 0 unspecified atom stereocenters. The van der Waals surface area contributed by atoms with Gasteiger partial charge in [-0.15, -0.1) is 5.46 Å². The minimum absolute atomic E-state index is 0. The molecular weight excluding hydrogens is 261 g/mol. The first-order valence-corrected chi connectivity index (χ1v) is 4.49. The van der Waals surface area contributed by atoms with E-state index in [1.165, 1.54) is 13.2 Å². The van der Waals surface area contributed by atoms with Crippen LogP contribution >= 0.6 is 0 Å². The van der Waals surface area contributed by atoms with Crippen LogP contribution in [-0.4, -0.2) is 20.1 Å². The predicted octanol–water partition coefficient (Wildman–Crippen LogP) is -1.96. The number of nitrogen functional groups attached to an aromatic ring is 1. The van der Waals surface area contributed by atoms with Crippen molar-refractivity contribution in [1.29, 1.82) is 0 Å². The summed E-state index contributed by atoms with van der Waals surface area (Å²) in [5, 5.41) is 0. The minimum Gasteiger partial charge on any atom is -0.469 e. The molecule has 0 fully saturated rings. The van der Waals surface area contributed by atoms with E-state index in [1.54, 1.807) is 0 Å². The molecule has 0 aliphatic carbocycles. The van der Waals surface area contributed by atoms with Gasteiger partial charge < -0.3 is 23.4 Å². The van der Waals surface area contributed by atoms with Crippen molar-refractivity contribution in [3.05, 3.63) is 23.8 Å². The molecular formula is C9H10BF3KNO2. The summed E-state index contributed by atoms with van der Waals surface area (Å²) in [6.07, 6.45) is -0.222. The number of esters is 1. The van der Waals surface area contributed by atoms with Crippen LogP contribution in [0.4, 0.5) is 18.6 Å². The Morgan fingerprint density at radius 1 is 1.35 bits per heavy atom. The van der Waals surface area contributed by atoms with Crippen molar-refractivity contribution in [1.82, 2.24) is 0 Å². The van der Waals surface area contributed by atoms with Crippen LogP contribution in [0.15, 0.2) is 18.2 Å². The first-order valence-electron chi connectivity index (χ1n) is 4.49. The molecule has 0 aromatic heterocycles. The fourth-order valence-corrected chi connectivity index (χ4v) is 1.28. The SMILES string of the molecule is COC(=O)Cc1cc(N)cc([B-](F)(F)F)c1.[K+]. The van der Waals surface area contributed by atoms with Gasteiger partial charge in [-0.3, -0.25) is 4.79 Å². The monoisotopic (exact) mass is 271 g/mol.